The number of rotatable bonds is 6. The number of ether oxygens (including phenoxy) is 2. The minimum atomic E-state index is -1.12. The lowest BCUT2D eigenvalue weighted by Gasteiger charge is -2.41. The number of fused-ring (bicyclic) bond motifs is 1. The van der Waals surface area contributed by atoms with Crippen LogP contribution in [0.1, 0.15) is 24.9 Å². The molecule has 1 unspecified atom stereocenters. The number of hydrogen-bond acceptors (Lipinski definition) is 8. The highest BCUT2D eigenvalue weighted by molar-refractivity contribution is 6.42. The van der Waals surface area contributed by atoms with E-state index in [1.807, 2.05) is 24.3 Å². The van der Waals surface area contributed by atoms with Gasteiger partial charge in [0.1, 0.15) is 17.5 Å². The zero-order valence-corrected chi connectivity index (χ0v) is 17.1. The summed E-state index contributed by atoms with van der Waals surface area (Å²) < 4.78 is 9.69. The van der Waals surface area contributed by atoms with E-state index >= 15 is 0 Å². The first-order valence-electron chi connectivity index (χ1n) is 9.64. The van der Waals surface area contributed by atoms with E-state index < -0.39 is 29.3 Å². The molecule has 0 saturated heterocycles. The van der Waals surface area contributed by atoms with Gasteiger partial charge in [-0.3, -0.25) is 9.59 Å². The minimum Gasteiger partial charge on any atom is -0.469 e. The molecule has 1 aliphatic heterocycles. The normalized spacial score (nSPS) is 16.3. The van der Waals surface area contributed by atoms with E-state index in [-0.39, 0.29) is 18.8 Å². The van der Waals surface area contributed by atoms with Crippen molar-refractivity contribution in [3.8, 4) is 6.07 Å². The highest BCUT2D eigenvalue weighted by Crippen LogP contribution is 2.42. The number of ketones is 1. The molecule has 1 N–H and O–H groups in total. The second kappa shape index (κ2) is 9.59. The maximum atomic E-state index is 12.7. The van der Waals surface area contributed by atoms with Gasteiger partial charge in [-0.2, -0.15) is 5.26 Å². The Hall–Kier alpha value is -4.12. The van der Waals surface area contributed by atoms with Crippen molar-refractivity contribution in [2.24, 2.45) is 0 Å². The van der Waals surface area contributed by atoms with Crippen LogP contribution in [0.5, 0.6) is 0 Å². The van der Waals surface area contributed by atoms with Gasteiger partial charge in [-0.15, -0.1) is 0 Å². The Morgan fingerprint density at radius 2 is 1.77 bits per heavy atom. The zero-order valence-electron chi connectivity index (χ0n) is 17.1. The number of carbonyl (C=O) groups is 3. The van der Waals surface area contributed by atoms with Gasteiger partial charge in [0.15, 0.2) is 0 Å². The van der Waals surface area contributed by atoms with Crippen molar-refractivity contribution in [1.82, 2.24) is 0 Å². The highest BCUT2D eigenvalue weighted by atomic mass is 16.5. The fourth-order valence-corrected chi connectivity index (χ4v) is 3.42. The van der Waals surface area contributed by atoms with Crippen molar-refractivity contribution >= 4 is 29.1 Å². The van der Waals surface area contributed by atoms with Gasteiger partial charge < -0.3 is 19.7 Å². The van der Waals surface area contributed by atoms with Crippen LogP contribution in [0.2, 0.25) is 0 Å². The molecule has 0 radical (unpaired) electrons. The first-order valence-corrected chi connectivity index (χ1v) is 9.64. The number of esters is 2. The number of carbonyl (C=O) groups excluding carboxylic acids is 3. The van der Waals surface area contributed by atoms with Crippen LogP contribution in [0.4, 0.5) is 11.4 Å². The van der Waals surface area contributed by atoms with E-state index in [0.29, 0.717) is 11.4 Å². The number of anilines is 2. The van der Waals surface area contributed by atoms with Crippen LogP contribution in [-0.2, 0) is 23.9 Å². The van der Waals surface area contributed by atoms with Crippen molar-refractivity contribution in [1.29, 1.82) is 5.26 Å². The molecule has 0 saturated carbocycles. The Morgan fingerprint density at radius 1 is 1.10 bits per heavy atom. The highest BCUT2D eigenvalue weighted by Gasteiger charge is 2.37. The lowest BCUT2D eigenvalue weighted by molar-refractivity contribution is -0.151. The average Bonchev–Trinajstić information content (AvgIpc) is 2.80. The summed E-state index contributed by atoms with van der Waals surface area (Å²) in [6.45, 7) is 1.57. The predicted molar refractivity (Wildman–Crippen MR) is 113 cm³/mol. The molecule has 0 fully saturated rings. The summed E-state index contributed by atoms with van der Waals surface area (Å²) >= 11 is 0. The second-order valence-electron chi connectivity index (χ2n) is 6.60. The van der Waals surface area contributed by atoms with Crippen LogP contribution in [0.3, 0.4) is 0 Å². The van der Waals surface area contributed by atoms with Gasteiger partial charge in [0.2, 0.25) is 0 Å². The molecule has 1 heterocycles. The number of benzene rings is 2. The number of nitrogens with zero attached hydrogens (tertiary/aromatic N) is 2. The zero-order chi connectivity index (χ0) is 22.4. The van der Waals surface area contributed by atoms with Crippen LogP contribution in [0.15, 0.2) is 66.0 Å². The molecular weight excluding hydrogens is 398 g/mol. The van der Waals surface area contributed by atoms with E-state index in [1.165, 1.54) is 7.11 Å². The Balaban J connectivity index is 2.25. The van der Waals surface area contributed by atoms with E-state index in [1.54, 1.807) is 48.2 Å². The van der Waals surface area contributed by atoms with Crippen LogP contribution >= 0.6 is 0 Å². The maximum Gasteiger partial charge on any atom is 0.380 e. The van der Waals surface area contributed by atoms with E-state index in [0.717, 1.165) is 5.56 Å². The van der Waals surface area contributed by atoms with E-state index in [4.69, 9.17) is 9.47 Å². The van der Waals surface area contributed by atoms with Crippen molar-refractivity contribution in [2.75, 3.05) is 23.9 Å². The van der Waals surface area contributed by atoms with Gasteiger partial charge in [-0.1, -0.05) is 36.4 Å². The SMILES string of the molecule is CCOC(=O)C(=O)/C(C#N)=C1\Nc2ccccc2C(CC(=O)OC)N1c1ccccc1. The van der Waals surface area contributed by atoms with Crippen molar-refractivity contribution in [3.63, 3.8) is 0 Å². The number of nitriles is 1. The van der Waals surface area contributed by atoms with Crippen LogP contribution in [0.25, 0.3) is 0 Å². The van der Waals surface area contributed by atoms with Crippen LogP contribution < -0.4 is 10.2 Å². The molecule has 31 heavy (non-hydrogen) atoms. The first-order chi connectivity index (χ1) is 15.0. The van der Waals surface area contributed by atoms with Gasteiger partial charge in [-0.25, -0.2) is 4.79 Å². The average molecular weight is 419 g/mol. The monoisotopic (exact) mass is 419 g/mol. The number of nitrogens with one attached hydrogen (secondary N) is 1. The standard InChI is InChI=1S/C23H21N3O5/c1-3-31-23(29)21(28)17(14-24)22-25-18-12-8-7-11-16(18)19(13-20(27)30-2)26(22)15-9-5-4-6-10-15/h4-12,19,25H,3,13H2,1-2H3/b22-17+. The Morgan fingerprint density at radius 3 is 2.42 bits per heavy atom. The Labute approximate surface area is 179 Å². The molecule has 0 amide bonds. The summed E-state index contributed by atoms with van der Waals surface area (Å²) in [5.41, 5.74) is 1.61. The summed E-state index contributed by atoms with van der Waals surface area (Å²) in [4.78, 5) is 38.7. The number of para-hydroxylation sites is 2. The molecule has 3 rings (SSSR count). The largest absolute Gasteiger partial charge is 0.469 e. The van der Waals surface area contributed by atoms with Crippen LogP contribution in [-0.4, -0.2) is 31.4 Å². The smallest absolute Gasteiger partial charge is 0.380 e. The lowest BCUT2D eigenvalue weighted by Crippen LogP contribution is -2.39. The summed E-state index contributed by atoms with van der Waals surface area (Å²) in [7, 11) is 1.30. The summed E-state index contributed by atoms with van der Waals surface area (Å²) in [5, 5.41) is 12.9. The van der Waals surface area contributed by atoms with E-state index in [9.17, 15) is 19.6 Å². The Kier molecular flexibility index (Phi) is 6.67. The molecule has 158 valence electrons. The fraction of sp³-hybridized carbons (Fsp3) is 0.217. The fourth-order valence-electron chi connectivity index (χ4n) is 3.42. The van der Waals surface area contributed by atoms with Crippen molar-refractivity contribution in [3.05, 3.63) is 71.6 Å². The summed E-state index contributed by atoms with van der Waals surface area (Å²) in [5.74, 6) is -2.55. The summed E-state index contributed by atoms with van der Waals surface area (Å²) in [6, 6.07) is 17.5. The number of hydrogen-bond donors (Lipinski definition) is 1. The van der Waals surface area contributed by atoms with E-state index in [2.05, 4.69) is 5.32 Å². The quantitative estimate of drug-likeness (QED) is 0.329. The summed E-state index contributed by atoms with van der Waals surface area (Å²) in [6.07, 6.45) is -0.0418. The number of Topliss-reactive ketones (excluding diaryl/α,β-unsaturated/α-hetero) is 1. The molecular formula is C23H21N3O5. The van der Waals surface area contributed by atoms with Crippen molar-refractivity contribution in [2.45, 2.75) is 19.4 Å². The lowest BCUT2D eigenvalue weighted by atomic mass is 9.95. The molecule has 0 spiro atoms. The third-order valence-electron chi connectivity index (χ3n) is 4.78. The molecule has 8 heteroatoms. The van der Waals surface area contributed by atoms with Gasteiger partial charge >= 0.3 is 11.9 Å². The van der Waals surface area contributed by atoms with Gasteiger partial charge in [0.05, 0.1) is 26.2 Å². The third kappa shape index (κ3) is 4.41. The Bertz CT molecular complexity index is 1070. The topological polar surface area (TPSA) is 109 Å². The molecule has 1 aliphatic rings. The predicted octanol–water partition coefficient (Wildman–Crippen LogP) is 3.09. The molecule has 2 aromatic rings. The molecule has 1 atom stereocenters. The molecule has 0 aliphatic carbocycles. The van der Waals surface area contributed by atoms with Crippen molar-refractivity contribution < 1.29 is 23.9 Å². The minimum absolute atomic E-state index is 0.00222. The first kappa shape index (κ1) is 21.6. The van der Waals surface area contributed by atoms with Gasteiger partial charge in [0.25, 0.3) is 5.78 Å². The molecule has 0 bridgehead atoms. The molecule has 0 aromatic heterocycles. The second-order valence-corrected chi connectivity index (χ2v) is 6.60. The van der Waals surface area contributed by atoms with Gasteiger partial charge in [0, 0.05) is 11.4 Å². The maximum absolute atomic E-state index is 12.7. The molecule has 8 nitrogen and oxygen atoms in total. The van der Waals surface area contributed by atoms with Crippen LogP contribution in [0, 0.1) is 11.3 Å². The third-order valence-corrected chi connectivity index (χ3v) is 4.78. The number of methoxy groups -OCH3 is 1. The van der Waals surface area contributed by atoms with Gasteiger partial charge in [-0.05, 0) is 30.7 Å². The molecule has 2 aromatic carbocycles.